The van der Waals surface area contributed by atoms with E-state index in [4.69, 9.17) is 5.11 Å². The van der Waals surface area contributed by atoms with Crippen molar-refractivity contribution >= 4 is 12.1 Å². The lowest BCUT2D eigenvalue weighted by Gasteiger charge is -2.08. The number of urea groups is 1. The lowest BCUT2D eigenvalue weighted by Crippen LogP contribution is -2.40. The minimum absolute atomic E-state index is 0.0304. The second kappa shape index (κ2) is 11.8. The second-order valence-electron chi connectivity index (χ2n) is 5.51. The molecule has 1 heterocycles. The number of carbonyl (C=O) groups is 2. The van der Waals surface area contributed by atoms with Gasteiger partial charge in [0.05, 0.1) is 6.20 Å². The lowest BCUT2D eigenvalue weighted by atomic mass is 10.2. The molecule has 0 saturated carbocycles. The Kier molecular flexibility index (Phi) is 9.69. The van der Waals surface area contributed by atoms with E-state index in [1.54, 1.807) is 4.98 Å². The second-order valence-corrected chi connectivity index (χ2v) is 5.51. The van der Waals surface area contributed by atoms with Crippen LogP contribution in [0.15, 0.2) is 15.8 Å². The molecule has 0 aromatic carbocycles. The first-order valence-corrected chi connectivity index (χ1v) is 8.38. The van der Waals surface area contributed by atoms with Gasteiger partial charge in [0.15, 0.2) is 0 Å². The van der Waals surface area contributed by atoms with Crippen LogP contribution >= 0.6 is 0 Å². The molecule has 10 nitrogen and oxygen atoms in total. The zero-order valence-electron chi connectivity index (χ0n) is 14.3. The minimum atomic E-state index is -1.22. The molecule has 0 aliphatic carbocycles. The number of nitrogens with one attached hydrogen (secondary N) is 4. The fourth-order valence-corrected chi connectivity index (χ4v) is 2.03. The summed E-state index contributed by atoms with van der Waals surface area (Å²) in [6.45, 7) is 1.26. The van der Waals surface area contributed by atoms with E-state index in [0.717, 1.165) is 19.3 Å². The molecule has 0 radical (unpaired) electrons. The highest BCUT2D eigenvalue weighted by Crippen LogP contribution is 1.98. The van der Waals surface area contributed by atoms with E-state index in [9.17, 15) is 23.6 Å². The first-order chi connectivity index (χ1) is 12.5. The molecule has 1 rings (SSSR count). The monoisotopic (exact) mass is 373 g/mol. The average molecular weight is 373 g/mol. The molecule has 0 bridgehead atoms. The Morgan fingerprint density at radius 2 is 1.58 bits per heavy atom. The van der Waals surface area contributed by atoms with Gasteiger partial charge in [-0.2, -0.15) is 4.39 Å². The van der Waals surface area contributed by atoms with Crippen molar-refractivity contribution in [3.05, 3.63) is 32.9 Å². The van der Waals surface area contributed by atoms with Gasteiger partial charge in [-0.3, -0.25) is 9.78 Å². The summed E-state index contributed by atoms with van der Waals surface area (Å²) in [4.78, 5) is 47.0. The summed E-state index contributed by atoms with van der Waals surface area (Å²) in [5, 5.41) is 16.3. The number of hydrogen-bond donors (Lipinski definition) is 5. The van der Waals surface area contributed by atoms with Gasteiger partial charge >= 0.3 is 17.8 Å². The maximum absolute atomic E-state index is 13.1. The van der Waals surface area contributed by atoms with Crippen molar-refractivity contribution in [2.75, 3.05) is 26.2 Å². The highest BCUT2D eigenvalue weighted by molar-refractivity contribution is 5.76. The van der Waals surface area contributed by atoms with Gasteiger partial charge < -0.3 is 21.1 Å². The van der Waals surface area contributed by atoms with Crippen LogP contribution in [-0.2, 0) is 0 Å². The average Bonchev–Trinajstić information content (AvgIpc) is 2.60. The fourth-order valence-electron chi connectivity index (χ4n) is 2.03. The smallest absolute Gasteiger partial charge is 0.336 e. The van der Waals surface area contributed by atoms with E-state index >= 15 is 0 Å². The third-order valence-corrected chi connectivity index (χ3v) is 3.40. The zero-order chi connectivity index (χ0) is 19.4. The van der Waals surface area contributed by atoms with Gasteiger partial charge in [0, 0.05) is 26.2 Å². The van der Waals surface area contributed by atoms with E-state index in [-0.39, 0.29) is 12.6 Å². The Hall–Kier alpha value is -2.69. The van der Waals surface area contributed by atoms with Gasteiger partial charge in [-0.25, -0.2) is 19.0 Å². The lowest BCUT2D eigenvalue weighted by molar-refractivity contribution is 0.237. The SMILES string of the molecule is O=C(NCCCO)NCCCCCCNC(=O)n1cc(F)c(=O)[nH]c1=O. The van der Waals surface area contributed by atoms with Crippen molar-refractivity contribution in [2.24, 2.45) is 0 Å². The van der Waals surface area contributed by atoms with E-state index in [2.05, 4.69) is 16.0 Å². The van der Waals surface area contributed by atoms with Gasteiger partial charge in [0.2, 0.25) is 5.82 Å². The number of aliphatic hydroxyl groups is 1. The first-order valence-electron chi connectivity index (χ1n) is 8.38. The molecule has 0 saturated heterocycles. The largest absolute Gasteiger partial charge is 0.396 e. The molecule has 0 spiro atoms. The molecule has 3 amide bonds. The normalized spacial score (nSPS) is 10.4. The molecule has 0 fully saturated rings. The van der Waals surface area contributed by atoms with Crippen molar-refractivity contribution < 1.29 is 19.1 Å². The van der Waals surface area contributed by atoms with E-state index in [1.165, 1.54) is 0 Å². The molecule has 0 atom stereocenters. The predicted octanol–water partition coefficient (Wildman–Crippen LogP) is -0.525. The molecule has 146 valence electrons. The Balaban J connectivity index is 2.11. The van der Waals surface area contributed by atoms with Crippen molar-refractivity contribution in [2.45, 2.75) is 32.1 Å². The van der Waals surface area contributed by atoms with Crippen LogP contribution < -0.4 is 27.2 Å². The molecule has 26 heavy (non-hydrogen) atoms. The number of carbonyl (C=O) groups excluding carboxylic acids is 2. The van der Waals surface area contributed by atoms with E-state index in [1.807, 2.05) is 0 Å². The maximum Gasteiger partial charge on any atom is 0.336 e. The number of rotatable bonds is 10. The van der Waals surface area contributed by atoms with Crippen LogP contribution in [0.1, 0.15) is 32.1 Å². The Morgan fingerprint density at radius 3 is 2.19 bits per heavy atom. The number of nitrogens with zero attached hydrogens (tertiary/aromatic N) is 1. The zero-order valence-corrected chi connectivity index (χ0v) is 14.3. The summed E-state index contributed by atoms with van der Waals surface area (Å²) in [5.41, 5.74) is -2.17. The van der Waals surface area contributed by atoms with Gasteiger partial charge in [-0.1, -0.05) is 12.8 Å². The molecule has 1 aromatic rings. The van der Waals surface area contributed by atoms with Crippen LogP contribution in [-0.4, -0.2) is 53.0 Å². The molecule has 0 aliphatic heterocycles. The minimum Gasteiger partial charge on any atom is -0.396 e. The van der Waals surface area contributed by atoms with Crippen molar-refractivity contribution in [3.63, 3.8) is 0 Å². The summed E-state index contributed by atoms with van der Waals surface area (Å²) in [5.74, 6) is -1.22. The number of unbranched alkanes of at least 4 members (excludes halogenated alkanes) is 3. The van der Waals surface area contributed by atoms with Gasteiger partial charge in [-0.05, 0) is 19.3 Å². The Bertz CT molecular complexity index is 702. The Morgan fingerprint density at radius 1 is 1.00 bits per heavy atom. The highest BCUT2D eigenvalue weighted by Gasteiger charge is 2.10. The van der Waals surface area contributed by atoms with E-state index < -0.39 is 23.1 Å². The standard InChI is InChI=1S/C15H24FN5O5/c16-11-10-21(15(26)20-12(11)23)14(25)19-7-4-2-1-3-6-17-13(24)18-8-5-9-22/h10,22H,1-9H2,(H,19,25)(H2,17,18,24)(H,20,23,26). The summed E-state index contributed by atoms with van der Waals surface area (Å²) in [7, 11) is 0. The fraction of sp³-hybridized carbons (Fsp3) is 0.600. The number of amides is 3. The third-order valence-electron chi connectivity index (χ3n) is 3.40. The summed E-state index contributed by atoms with van der Waals surface area (Å²) in [6.07, 6.45) is 4.11. The topological polar surface area (TPSA) is 145 Å². The summed E-state index contributed by atoms with van der Waals surface area (Å²) >= 11 is 0. The number of aliphatic hydroxyl groups excluding tert-OH is 1. The van der Waals surface area contributed by atoms with Crippen LogP contribution in [0, 0.1) is 5.82 Å². The van der Waals surface area contributed by atoms with Crippen LogP contribution in [0.25, 0.3) is 0 Å². The maximum atomic E-state index is 13.1. The molecule has 5 N–H and O–H groups in total. The van der Waals surface area contributed by atoms with Gasteiger partial charge in [-0.15, -0.1) is 0 Å². The molecular formula is C15H24FN5O5. The predicted molar refractivity (Wildman–Crippen MR) is 91.6 cm³/mol. The molecule has 0 aliphatic rings. The van der Waals surface area contributed by atoms with Crippen molar-refractivity contribution in [3.8, 4) is 0 Å². The van der Waals surface area contributed by atoms with Crippen molar-refractivity contribution in [1.82, 2.24) is 25.5 Å². The number of hydrogen-bond acceptors (Lipinski definition) is 5. The summed E-state index contributed by atoms with van der Waals surface area (Å²) in [6, 6.07) is -1.09. The molecular weight excluding hydrogens is 349 g/mol. The van der Waals surface area contributed by atoms with Gasteiger partial charge in [0.25, 0.3) is 5.56 Å². The third kappa shape index (κ3) is 7.92. The molecule has 11 heteroatoms. The number of aromatic amines is 1. The number of H-pyrrole nitrogens is 1. The van der Waals surface area contributed by atoms with Crippen LogP contribution in [0.5, 0.6) is 0 Å². The van der Waals surface area contributed by atoms with E-state index in [0.29, 0.717) is 43.2 Å². The number of aromatic nitrogens is 2. The Labute approximate surface area is 148 Å². The van der Waals surface area contributed by atoms with Crippen molar-refractivity contribution in [1.29, 1.82) is 0 Å². The quantitative estimate of drug-likeness (QED) is 0.350. The number of halogens is 1. The highest BCUT2D eigenvalue weighted by atomic mass is 19.1. The molecule has 0 unspecified atom stereocenters. The van der Waals surface area contributed by atoms with Gasteiger partial charge in [0.1, 0.15) is 0 Å². The van der Waals surface area contributed by atoms with Crippen LogP contribution in [0.4, 0.5) is 14.0 Å². The summed E-state index contributed by atoms with van der Waals surface area (Å²) < 4.78 is 13.6. The van der Waals surface area contributed by atoms with Crippen LogP contribution in [0.2, 0.25) is 0 Å². The molecule has 1 aromatic heterocycles. The van der Waals surface area contributed by atoms with Crippen LogP contribution in [0.3, 0.4) is 0 Å². The first kappa shape index (κ1) is 21.4.